The van der Waals surface area contributed by atoms with Crippen LogP contribution in [-0.2, 0) is 6.54 Å². The van der Waals surface area contributed by atoms with Crippen LogP contribution >= 0.6 is 0 Å². The van der Waals surface area contributed by atoms with E-state index in [9.17, 15) is 29.4 Å². The summed E-state index contributed by atoms with van der Waals surface area (Å²) in [6.45, 7) is 1.39. The number of nitrogens with one attached hydrogen (secondary N) is 1. The van der Waals surface area contributed by atoms with Gasteiger partial charge in [0, 0.05) is 18.2 Å². The minimum absolute atomic E-state index is 0.0298. The Morgan fingerprint density at radius 1 is 1.12 bits per heavy atom. The molecule has 0 aromatic heterocycles. The summed E-state index contributed by atoms with van der Waals surface area (Å²) >= 11 is 0. The summed E-state index contributed by atoms with van der Waals surface area (Å²) in [5.41, 5.74) is -0.557. The average molecular weight is 333 g/mol. The molecule has 8 nitrogen and oxygen atoms in total. The van der Waals surface area contributed by atoms with E-state index in [0.717, 1.165) is 12.1 Å². The fraction of sp³-hybridized carbons (Fsp3) is 0.133. The molecule has 0 atom stereocenters. The van der Waals surface area contributed by atoms with E-state index in [1.54, 1.807) is 0 Å². The van der Waals surface area contributed by atoms with Gasteiger partial charge in [0.05, 0.1) is 21.5 Å². The van der Waals surface area contributed by atoms with E-state index < -0.39 is 32.9 Å². The Morgan fingerprint density at radius 3 is 2.29 bits per heavy atom. The summed E-state index contributed by atoms with van der Waals surface area (Å²) in [5, 5.41) is 24.4. The highest BCUT2D eigenvalue weighted by Gasteiger charge is 2.24. The lowest BCUT2D eigenvalue weighted by Crippen LogP contribution is -2.24. The van der Waals surface area contributed by atoms with Crippen LogP contribution in [0, 0.1) is 33.0 Å². The molecule has 0 radical (unpaired) electrons. The van der Waals surface area contributed by atoms with Crippen LogP contribution in [-0.4, -0.2) is 15.8 Å². The molecule has 0 unspecified atom stereocenters. The van der Waals surface area contributed by atoms with Crippen LogP contribution in [0.2, 0.25) is 0 Å². The number of hydrogen-bond donors (Lipinski definition) is 1. The minimum Gasteiger partial charge on any atom is -0.348 e. The maximum Gasteiger partial charge on any atom is 0.279 e. The van der Waals surface area contributed by atoms with Crippen LogP contribution in [0.1, 0.15) is 21.5 Å². The molecule has 0 bridgehead atoms. The number of nitrogens with zero attached hydrogens (tertiary/aromatic N) is 2. The Balaban J connectivity index is 2.29. The highest BCUT2D eigenvalue weighted by atomic mass is 19.1. The molecule has 124 valence electrons. The summed E-state index contributed by atoms with van der Waals surface area (Å²) in [6.07, 6.45) is 0. The van der Waals surface area contributed by atoms with Crippen LogP contribution in [0.3, 0.4) is 0 Å². The zero-order valence-corrected chi connectivity index (χ0v) is 12.5. The second kappa shape index (κ2) is 6.82. The Hall–Kier alpha value is -3.36. The van der Waals surface area contributed by atoms with Crippen LogP contribution in [0.25, 0.3) is 0 Å². The van der Waals surface area contributed by atoms with E-state index in [2.05, 4.69) is 5.32 Å². The van der Waals surface area contributed by atoms with Crippen molar-refractivity contribution in [2.75, 3.05) is 0 Å². The van der Waals surface area contributed by atoms with Gasteiger partial charge in [-0.1, -0.05) is 12.1 Å². The lowest BCUT2D eigenvalue weighted by molar-refractivity contribution is -0.394. The molecule has 2 aromatic rings. The predicted molar refractivity (Wildman–Crippen MR) is 82.1 cm³/mol. The van der Waals surface area contributed by atoms with Gasteiger partial charge in [0.25, 0.3) is 17.3 Å². The molecule has 0 saturated carbocycles. The van der Waals surface area contributed by atoms with Crippen molar-refractivity contribution in [2.45, 2.75) is 13.5 Å². The number of benzene rings is 2. The van der Waals surface area contributed by atoms with Gasteiger partial charge in [-0.15, -0.1) is 0 Å². The Kier molecular flexibility index (Phi) is 4.83. The zero-order chi connectivity index (χ0) is 17.9. The molecule has 0 fully saturated rings. The van der Waals surface area contributed by atoms with Crippen molar-refractivity contribution < 1.29 is 19.0 Å². The van der Waals surface area contributed by atoms with E-state index in [-0.39, 0.29) is 17.7 Å². The fourth-order valence-electron chi connectivity index (χ4n) is 2.09. The highest BCUT2D eigenvalue weighted by molar-refractivity contribution is 5.97. The lowest BCUT2D eigenvalue weighted by Gasteiger charge is -2.08. The third-order valence-corrected chi connectivity index (χ3v) is 3.38. The number of carbonyl (C=O) groups excluding carboxylic acids is 1. The number of halogens is 1. The normalized spacial score (nSPS) is 10.2. The maximum atomic E-state index is 12.8. The van der Waals surface area contributed by atoms with Crippen molar-refractivity contribution in [3.63, 3.8) is 0 Å². The molecule has 24 heavy (non-hydrogen) atoms. The topological polar surface area (TPSA) is 115 Å². The largest absolute Gasteiger partial charge is 0.348 e. The van der Waals surface area contributed by atoms with Crippen molar-refractivity contribution in [1.82, 2.24) is 5.32 Å². The quantitative estimate of drug-likeness (QED) is 0.667. The summed E-state index contributed by atoms with van der Waals surface area (Å²) in [6, 6.07) is 7.20. The number of carbonyl (C=O) groups is 1. The van der Waals surface area contributed by atoms with Gasteiger partial charge in [-0.05, 0) is 24.6 Å². The van der Waals surface area contributed by atoms with Gasteiger partial charge in [-0.3, -0.25) is 25.0 Å². The number of amides is 1. The van der Waals surface area contributed by atoms with Crippen molar-refractivity contribution >= 4 is 17.3 Å². The molecule has 2 aromatic carbocycles. The number of non-ortho nitro benzene ring substituents is 1. The van der Waals surface area contributed by atoms with Crippen molar-refractivity contribution in [2.24, 2.45) is 0 Å². The van der Waals surface area contributed by atoms with E-state index in [0.29, 0.717) is 5.56 Å². The van der Waals surface area contributed by atoms with Gasteiger partial charge < -0.3 is 5.32 Å². The molecular weight excluding hydrogens is 321 g/mol. The van der Waals surface area contributed by atoms with E-state index in [1.165, 1.54) is 31.2 Å². The fourth-order valence-corrected chi connectivity index (χ4v) is 2.09. The summed E-state index contributed by atoms with van der Waals surface area (Å²) < 4.78 is 12.8. The standard InChI is InChI=1S/C15H12FN3O5/c1-9-13(6-12(18(21)22)7-14(9)19(23)24)15(20)17-8-10-2-4-11(16)5-3-10/h2-7H,8H2,1H3,(H,17,20). The van der Waals surface area contributed by atoms with Crippen LogP contribution in [0.5, 0.6) is 0 Å². The first-order valence-electron chi connectivity index (χ1n) is 6.75. The van der Waals surface area contributed by atoms with Crippen LogP contribution in [0.4, 0.5) is 15.8 Å². The average Bonchev–Trinajstić information content (AvgIpc) is 2.53. The molecule has 9 heteroatoms. The second-order valence-electron chi connectivity index (χ2n) is 4.96. The molecule has 0 aliphatic heterocycles. The van der Waals surface area contributed by atoms with E-state index >= 15 is 0 Å². The van der Waals surface area contributed by atoms with E-state index in [1.807, 2.05) is 0 Å². The third-order valence-electron chi connectivity index (χ3n) is 3.38. The molecular formula is C15H12FN3O5. The van der Waals surface area contributed by atoms with Gasteiger partial charge in [-0.25, -0.2) is 4.39 Å². The van der Waals surface area contributed by atoms with Gasteiger partial charge >= 0.3 is 0 Å². The number of rotatable bonds is 5. The van der Waals surface area contributed by atoms with Crippen LogP contribution in [0.15, 0.2) is 36.4 Å². The van der Waals surface area contributed by atoms with Gasteiger partial charge in [0.15, 0.2) is 0 Å². The zero-order valence-electron chi connectivity index (χ0n) is 12.5. The number of nitro groups is 2. The molecule has 2 rings (SSSR count). The first-order valence-corrected chi connectivity index (χ1v) is 6.75. The summed E-state index contributed by atoms with van der Waals surface area (Å²) in [7, 11) is 0. The highest BCUT2D eigenvalue weighted by Crippen LogP contribution is 2.28. The Bertz CT molecular complexity index is 821. The monoisotopic (exact) mass is 333 g/mol. The SMILES string of the molecule is Cc1c(C(=O)NCc2ccc(F)cc2)cc([N+](=O)[O-])cc1[N+](=O)[O-]. The van der Waals surface area contributed by atoms with Gasteiger partial charge in [-0.2, -0.15) is 0 Å². The van der Waals surface area contributed by atoms with Gasteiger partial charge in [0.2, 0.25) is 0 Å². The smallest absolute Gasteiger partial charge is 0.279 e. The Labute approximate surface area is 135 Å². The molecule has 1 N–H and O–H groups in total. The molecule has 0 aliphatic carbocycles. The van der Waals surface area contributed by atoms with Crippen LogP contribution < -0.4 is 5.32 Å². The molecule has 1 amide bonds. The van der Waals surface area contributed by atoms with E-state index in [4.69, 9.17) is 0 Å². The van der Waals surface area contributed by atoms with Gasteiger partial charge in [0.1, 0.15) is 5.82 Å². The first kappa shape index (κ1) is 17.0. The van der Waals surface area contributed by atoms with Crippen molar-refractivity contribution in [3.8, 4) is 0 Å². The Morgan fingerprint density at radius 2 is 1.75 bits per heavy atom. The molecule has 0 spiro atoms. The molecule has 0 aliphatic rings. The minimum atomic E-state index is -0.802. The summed E-state index contributed by atoms with van der Waals surface area (Å²) in [5.74, 6) is -1.11. The molecule has 0 saturated heterocycles. The number of hydrogen-bond acceptors (Lipinski definition) is 5. The predicted octanol–water partition coefficient (Wildman–Crippen LogP) is 2.88. The first-order chi connectivity index (χ1) is 11.3. The maximum absolute atomic E-state index is 12.8. The lowest BCUT2D eigenvalue weighted by atomic mass is 10.0. The van der Waals surface area contributed by atoms with Crippen molar-refractivity contribution in [3.05, 3.63) is 79.1 Å². The third kappa shape index (κ3) is 3.69. The number of nitro benzene ring substituents is 2. The second-order valence-corrected chi connectivity index (χ2v) is 4.96. The summed E-state index contributed by atoms with van der Waals surface area (Å²) in [4.78, 5) is 32.5. The van der Waals surface area contributed by atoms with Crippen molar-refractivity contribution in [1.29, 1.82) is 0 Å². The molecule has 0 heterocycles.